The third-order valence-corrected chi connectivity index (χ3v) is 7.60. The molecule has 3 heterocycles. The Labute approximate surface area is 236 Å². The Balaban J connectivity index is 1.34. The number of carbonyl (C=O) groups excluding carboxylic acids is 1. The molecule has 1 amide bonds. The molecule has 3 aromatic carbocycles. The van der Waals surface area contributed by atoms with E-state index in [0.717, 1.165) is 35.3 Å². The Morgan fingerprint density at radius 1 is 0.846 bits per heavy atom. The van der Waals surface area contributed by atoms with Crippen molar-refractivity contribution in [3.8, 4) is 11.3 Å². The quantitative estimate of drug-likeness (QED) is 0.244. The smallest absolute Gasteiger partial charge is 0.263 e. The van der Waals surface area contributed by atoms with Gasteiger partial charge in [0.05, 0.1) is 10.0 Å². The molecule has 196 valence electrons. The first-order valence-corrected chi connectivity index (χ1v) is 13.6. The summed E-state index contributed by atoms with van der Waals surface area (Å²) in [5.74, 6) is 1.37. The first kappa shape index (κ1) is 25.3. The predicted molar refractivity (Wildman–Crippen MR) is 153 cm³/mol. The number of rotatable bonds is 5. The summed E-state index contributed by atoms with van der Waals surface area (Å²) < 4.78 is 5.77. The first-order valence-electron chi connectivity index (χ1n) is 12.8. The SMILES string of the molecule is O=C(c1ccc(Cl)c(Cl)c1)N1CCCN(c2nc(Cc3ccccc3)nc3onc(-c4ccccc4)c23)CC1. The molecule has 0 bridgehead atoms. The van der Waals surface area contributed by atoms with Gasteiger partial charge in [-0.1, -0.05) is 89.0 Å². The summed E-state index contributed by atoms with van der Waals surface area (Å²) in [5, 5.41) is 5.98. The van der Waals surface area contributed by atoms with E-state index < -0.39 is 0 Å². The fourth-order valence-corrected chi connectivity index (χ4v) is 5.20. The lowest BCUT2D eigenvalue weighted by atomic mass is 10.1. The highest BCUT2D eigenvalue weighted by Crippen LogP contribution is 2.34. The highest BCUT2D eigenvalue weighted by Gasteiger charge is 2.26. The zero-order valence-electron chi connectivity index (χ0n) is 21.1. The summed E-state index contributed by atoms with van der Waals surface area (Å²) in [6.07, 6.45) is 1.35. The van der Waals surface area contributed by atoms with Crippen LogP contribution in [0, 0.1) is 0 Å². The third kappa shape index (κ3) is 5.33. The number of carbonyl (C=O) groups is 1. The normalized spacial score (nSPS) is 14.0. The van der Waals surface area contributed by atoms with E-state index >= 15 is 0 Å². The van der Waals surface area contributed by atoms with Crippen molar-refractivity contribution in [2.75, 3.05) is 31.1 Å². The lowest BCUT2D eigenvalue weighted by Crippen LogP contribution is -2.35. The van der Waals surface area contributed by atoms with Crippen LogP contribution in [0.2, 0.25) is 10.0 Å². The number of hydrogen-bond donors (Lipinski definition) is 0. The molecule has 0 saturated carbocycles. The number of anilines is 1. The predicted octanol–water partition coefficient (Wildman–Crippen LogP) is 6.53. The van der Waals surface area contributed by atoms with Gasteiger partial charge in [-0.25, -0.2) is 4.98 Å². The summed E-state index contributed by atoms with van der Waals surface area (Å²) >= 11 is 12.2. The van der Waals surface area contributed by atoms with Crippen molar-refractivity contribution in [1.82, 2.24) is 20.0 Å². The van der Waals surface area contributed by atoms with Crippen molar-refractivity contribution in [2.24, 2.45) is 0 Å². The molecule has 0 radical (unpaired) electrons. The molecule has 5 aromatic rings. The fraction of sp³-hybridized carbons (Fsp3) is 0.200. The van der Waals surface area contributed by atoms with Crippen molar-refractivity contribution < 1.29 is 9.32 Å². The van der Waals surface area contributed by atoms with Crippen LogP contribution in [0.1, 0.15) is 28.2 Å². The molecular weight excluding hydrogens is 533 g/mol. The molecular formula is C30H25Cl2N5O2. The van der Waals surface area contributed by atoms with E-state index in [2.05, 4.69) is 22.2 Å². The van der Waals surface area contributed by atoms with E-state index in [1.54, 1.807) is 18.2 Å². The minimum absolute atomic E-state index is 0.0667. The van der Waals surface area contributed by atoms with Crippen LogP contribution in [0.25, 0.3) is 22.4 Å². The van der Waals surface area contributed by atoms with Gasteiger partial charge in [0.1, 0.15) is 22.7 Å². The largest absolute Gasteiger partial charge is 0.354 e. The van der Waals surface area contributed by atoms with E-state index in [0.29, 0.717) is 58.9 Å². The van der Waals surface area contributed by atoms with Crippen molar-refractivity contribution in [1.29, 1.82) is 0 Å². The third-order valence-electron chi connectivity index (χ3n) is 6.86. The fourth-order valence-electron chi connectivity index (χ4n) is 4.90. The van der Waals surface area contributed by atoms with E-state index in [9.17, 15) is 4.79 Å². The Bertz CT molecular complexity index is 1630. The van der Waals surface area contributed by atoms with Crippen LogP contribution < -0.4 is 4.90 Å². The maximum absolute atomic E-state index is 13.3. The molecule has 1 aliphatic heterocycles. The lowest BCUT2D eigenvalue weighted by molar-refractivity contribution is 0.0767. The number of hydrogen-bond acceptors (Lipinski definition) is 6. The van der Waals surface area contributed by atoms with Crippen LogP contribution in [0.4, 0.5) is 5.82 Å². The van der Waals surface area contributed by atoms with Crippen molar-refractivity contribution in [3.05, 3.63) is 106 Å². The zero-order valence-corrected chi connectivity index (χ0v) is 22.6. The Morgan fingerprint density at radius 3 is 2.38 bits per heavy atom. The van der Waals surface area contributed by atoms with Gasteiger partial charge in [-0.05, 0) is 30.2 Å². The molecule has 2 aromatic heterocycles. The Hall–Kier alpha value is -3.94. The Kier molecular flexibility index (Phi) is 7.18. The summed E-state index contributed by atoms with van der Waals surface area (Å²) in [7, 11) is 0. The molecule has 6 rings (SSSR count). The second-order valence-electron chi connectivity index (χ2n) is 9.46. The number of aromatic nitrogens is 3. The molecule has 0 aliphatic carbocycles. The van der Waals surface area contributed by atoms with Gasteiger partial charge in [-0.3, -0.25) is 4.79 Å². The van der Waals surface area contributed by atoms with Crippen molar-refractivity contribution in [2.45, 2.75) is 12.8 Å². The molecule has 0 atom stereocenters. The summed E-state index contributed by atoms with van der Waals surface area (Å²) in [4.78, 5) is 27.1. The van der Waals surface area contributed by atoms with Gasteiger partial charge in [0.25, 0.3) is 11.6 Å². The van der Waals surface area contributed by atoms with Gasteiger partial charge in [0.15, 0.2) is 0 Å². The number of fused-ring (bicyclic) bond motifs is 1. The molecule has 9 heteroatoms. The molecule has 39 heavy (non-hydrogen) atoms. The van der Waals surface area contributed by atoms with Gasteiger partial charge < -0.3 is 14.3 Å². The molecule has 1 saturated heterocycles. The van der Waals surface area contributed by atoms with Crippen molar-refractivity contribution >= 4 is 46.0 Å². The Morgan fingerprint density at radius 2 is 1.62 bits per heavy atom. The van der Waals surface area contributed by atoms with Crippen LogP contribution in [0.5, 0.6) is 0 Å². The number of benzene rings is 3. The molecule has 7 nitrogen and oxygen atoms in total. The molecule has 1 fully saturated rings. The maximum atomic E-state index is 13.3. The zero-order chi connectivity index (χ0) is 26.8. The van der Waals surface area contributed by atoms with E-state index in [-0.39, 0.29) is 5.91 Å². The van der Waals surface area contributed by atoms with Crippen LogP contribution in [-0.4, -0.2) is 52.1 Å². The van der Waals surface area contributed by atoms with Crippen LogP contribution >= 0.6 is 23.2 Å². The number of nitrogens with zero attached hydrogens (tertiary/aromatic N) is 5. The second-order valence-corrected chi connectivity index (χ2v) is 10.3. The topological polar surface area (TPSA) is 75.4 Å². The van der Waals surface area contributed by atoms with Gasteiger partial charge in [0.2, 0.25) is 0 Å². The summed E-state index contributed by atoms with van der Waals surface area (Å²) in [6.45, 7) is 2.48. The standard InChI is InChI=1S/C30H25Cl2N5O2/c31-23-13-12-22(19-24(23)32)30(38)37-15-7-14-36(16-17-37)28-26-27(21-10-5-2-6-11-21)35-39-29(26)34-25(33-28)18-20-8-3-1-4-9-20/h1-6,8-13,19H,7,14-18H2. The summed E-state index contributed by atoms with van der Waals surface area (Å²) in [6, 6.07) is 25.0. The van der Waals surface area contributed by atoms with Gasteiger partial charge in [-0.2, -0.15) is 4.98 Å². The van der Waals surface area contributed by atoms with Gasteiger partial charge in [-0.15, -0.1) is 0 Å². The van der Waals surface area contributed by atoms with Gasteiger partial charge >= 0.3 is 0 Å². The lowest BCUT2D eigenvalue weighted by Gasteiger charge is -2.24. The van der Waals surface area contributed by atoms with Gasteiger partial charge in [0, 0.05) is 43.7 Å². The molecule has 0 spiro atoms. The summed E-state index contributed by atoms with van der Waals surface area (Å²) in [5.41, 5.74) is 3.73. The molecule has 1 aliphatic rings. The van der Waals surface area contributed by atoms with Crippen molar-refractivity contribution in [3.63, 3.8) is 0 Å². The monoisotopic (exact) mass is 557 g/mol. The first-order chi connectivity index (χ1) is 19.1. The highest BCUT2D eigenvalue weighted by atomic mass is 35.5. The average molecular weight is 558 g/mol. The molecule has 0 unspecified atom stereocenters. The number of amides is 1. The number of halogens is 2. The maximum Gasteiger partial charge on any atom is 0.263 e. The minimum Gasteiger partial charge on any atom is -0.354 e. The second kappa shape index (κ2) is 11.0. The average Bonchev–Trinajstić information content (AvgIpc) is 3.23. The van der Waals surface area contributed by atoms with E-state index in [1.807, 2.05) is 53.4 Å². The van der Waals surface area contributed by atoms with E-state index in [4.69, 9.17) is 37.7 Å². The minimum atomic E-state index is -0.0667. The van der Waals surface area contributed by atoms with Crippen LogP contribution in [0.3, 0.4) is 0 Å². The van der Waals surface area contributed by atoms with Crippen LogP contribution in [-0.2, 0) is 6.42 Å². The van der Waals surface area contributed by atoms with E-state index in [1.165, 1.54) is 0 Å². The molecule has 0 N–H and O–H groups in total. The highest BCUT2D eigenvalue weighted by molar-refractivity contribution is 6.42. The van der Waals surface area contributed by atoms with Crippen LogP contribution in [0.15, 0.2) is 83.4 Å².